The maximum absolute atomic E-state index is 12.0. The number of amides is 1. The molecule has 0 atom stereocenters. The Morgan fingerprint density at radius 3 is 2.39 bits per heavy atom. The maximum atomic E-state index is 12.0. The number of allylic oxidation sites excluding steroid dienone is 3. The quantitative estimate of drug-likeness (QED) is 0.702. The van der Waals surface area contributed by atoms with E-state index in [2.05, 4.69) is 11.5 Å². The smallest absolute Gasteiger partial charge is 0.222 e. The van der Waals surface area contributed by atoms with Gasteiger partial charge in [0.05, 0.1) is 6.33 Å². The number of carbonyl (C=O) groups excluding carboxylic acids is 1. The van der Waals surface area contributed by atoms with Crippen LogP contribution in [0.5, 0.6) is 0 Å². The van der Waals surface area contributed by atoms with E-state index in [4.69, 9.17) is 0 Å². The summed E-state index contributed by atoms with van der Waals surface area (Å²) in [4.78, 5) is 15.7. The Morgan fingerprint density at radius 1 is 1.28 bits per heavy atom. The van der Waals surface area contributed by atoms with Gasteiger partial charge in [-0.3, -0.25) is 4.79 Å². The predicted octanol–water partition coefficient (Wildman–Crippen LogP) is 2.48. The molecule has 1 aliphatic heterocycles. The van der Waals surface area contributed by atoms with Gasteiger partial charge in [0.25, 0.3) is 0 Å². The van der Waals surface area contributed by atoms with Crippen LogP contribution in [0.25, 0.3) is 0 Å². The number of rotatable bonds is 5. The van der Waals surface area contributed by atoms with Crippen molar-refractivity contribution in [1.82, 2.24) is 9.80 Å². The van der Waals surface area contributed by atoms with Crippen LogP contribution in [0, 0.1) is 0 Å². The van der Waals surface area contributed by atoms with Gasteiger partial charge >= 0.3 is 0 Å². The molecule has 1 aliphatic rings. The zero-order valence-electron chi connectivity index (χ0n) is 10.9. The summed E-state index contributed by atoms with van der Waals surface area (Å²) in [7, 11) is 0. The highest BCUT2D eigenvalue weighted by Crippen LogP contribution is 2.12. The third-order valence-corrected chi connectivity index (χ3v) is 3.01. The standard InChI is InChI=1S/C14H21FN2O/c1-3-6-14(18)17-11-9-16(10-12-17)13(4-2)7-5-8-15/h4-5,7-8H,2-3,6,9-12H2,1H3/b8-5+,13-7+. The number of piperazine rings is 1. The van der Waals surface area contributed by atoms with Crippen molar-refractivity contribution in [2.45, 2.75) is 19.8 Å². The molecule has 0 aromatic rings. The summed E-state index contributed by atoms with van der Waals surface area (Å²) in [6.07, 6.45) is 6.77. The largest absolute Gasteiger partial charge is 0.368 e. The molecule has 0 spiro atoms. The molecule has 0 aliphatic carbocycles. The van der Waals surface area contributed by atoms with Crippen molar-refractivity contribution in [3.63, 3.8) is 0 Å². The second-order valence-electron chi connectivity index (χ2n) is 4.23. The molecule has 1 heterocycles. The highest BCUT2D eigenvalue weighted by molar-refractivity contribution is 5.76. The van der Waals surface area contributed by atoms with Crippen LogP contribution in [0.15, 0.2) is 36.8 Å². The van der Waals surface area contributed by atoms with Gasteiger partial charge in [0.15, 0.2) is 0 Å². The zero-order valence-corrected chi connectivity index (χ0v) is 10.9. The van der Waals surface area contributed by atoms with E-state index in [1.165, 1.54) is 6.08 Å². The van der Waals surface area contributed by atoms with E-state index in [9.17, 15) is 9.18 Å². The number of nitrogens with zero attached hydrogens (tertiary/aromatic N) is 2. The van der Waals surface area contributed by atoms with Gasteiger partial charge in [-0.25, -0.2) is 4.39 Å². The van der Waals surface area contributed by atoms with Gasteiger partial charge in [-0.2, -0.15) is 0 Å². The Bertz CT molecular complexity index is 342. The first kappa shape index (κ1) is 14.5. The van der Waals surface area contributed by atoms with Crippen LogP contribution in [0.3, 0.4) is 0 Å². The molecule has 18 heavy (non-hydrogen) atoms. The van der Waals surface area contributed by atoms with E-state index in [1.54, 1.807) is 12.2 Å². The topological polar surface area (TPSA) is 23.6 Å². The minimum absolute atomic E-state index is 0.227. The Labute approximate surface area is 108 Å². The van der Waals surface area contributed by atoms with E-state index in [0.29, 0.717) is 12.8 Å². The molecule has 1 saturated heterocycles. The van der Waals surface area contributed by atoms with Crippen LogP contribution in [0.1, 0.15) is 19.8 Å². The maximum Gasteiger partial charge on any atom is 0.222 e. The molecule has 0 bridgehead atoms. The lowest BCUT2D eigenvalue weighted by Gasteiger charge is -2.36. The lowest BCUT2D eigenvalue weighted by atomic mass is 10.2. The van der Waals surface area contributed by atoms with Crippen molar-refractivity contribution in [1.29, 1.82) is 0 Å². The van der Waals surface area contributed by atoms with Gasteiger partial charge in [0, 0.05) is 38.3 Å². The summed E-state index contributed by atoms with van der Waals surface area (Å²) >= 11 is 0. The van der Waals surface area contributed by atoms with E-state index in [-0.39, 0.29) is 5.91 Å². The summed E-state index contributed by atoms with van der Waals surface area (Å²) in [5.74, 6) is 0.227. The highest BCUT2D eigenvalue weighted by atomic mass is 19.1. The minimum atomic E-state index is 0.227. The molecule has 4 heteroatoms. The summed E-state index contributed by atoms with van der Waals surface area (Å²) in [6, 6.07) is 0. The van der Waals surface area contributed by atoms with E-state index >= 15 is 0 Å². The van der Waals surface area contributed by atoms with Crippen LogP contribution in [0.4, 0.5) is 4.39 Å². The van der Waals surface area contributed by atoms with Gasteiger partial charge in [0.2, 0.25) is 5.91 Å². The fourth-order valence-electron chi connectivity index (χ4n) is 2.02. The van der Waals surface area contributed by atoms with Gasteiger partial charge in [-0.15, -0.1) is 0 Å². The molecular weight excluding hydrogens is 231 g/mol. The van der Waals surface area contributed by atoms with Crippen molar-refractivity contribution in [3.8, 4) is 0 Å². The average Bonchev–Trinajstić information content (AvgIpc) is 2.40. The van der Waals surface area contributed by atoms with Gasteiger partial charge < -0.3 is 9.80 Å². The van der Waals surface area contributed by atoms with Crippen molar-refractivity contribution in [2.24, 2.45) is 0 Å². The minimum Gasteiger partial charge on any atom is -0.368 e. The fraction of sp³-hybridized carbons (Fsp3) is 0.500. The third-order valence-electron chi connectivity index (χ3n) is 3.01. The molecule has 1 amide bonds. The summed E-state index contributed by atoms with van der Waals surface area (Å²) in [6.45, 7) is 8.73. The first-order valence-corrected chi connectivity index (χ1v) is 6.35. The van der Waals surface area contributed by atoms with Crippen LogP contribution in [0.2, 0.25) is 0 Å². The van der Waals surface area contributed by atoms with Crippen molar-refractivity contribution in [2.75, 3.05) is 26.2 Å². The van der Waals surface area contributed by atoms with E-state index < -0.39 is 0 Å². The SMILES string of the molecule is C=C/C(=C\C=C\F)N1CCN(C(=O)CCC)CC1. The molecule has 1 fully saturated rings. The van der Waals surface area contributed by atoms with Crippen LogP contribution < -0.4 is 0 Å². The summed E-state index contributed by atoms with van der Waals surface area (Å²) < 4.78 is 12.0. The van der Waals surface area contributed by atoms with Gasteiger partial charge in [-0.05, 0) is 24.6 Å². The first-order valence-electron chi connectivity index (χ1n) is 6.35. The predicted molar refractivity (Wildman–Crippen MR) is 71.6 cm³/mol. The second kappa shape index (κ2) is 7.69. The third kappa shape index (κ3) is 4.02. The lowest BCUT2D eigenvalue weighted by Crippen LogP contribution is -2.47. The zero-order chi connectivity index (χ0) is 13.4. The number of carbonyl (C=O) groups is 1. The molecule has 0 radical (unpaired) electrons. The highest BCUT2D eigenvalue weighted by Gasteiger charge is 2.20. The number of halogens is 1. The molecule has 1 rings (SSSR count). The second-order valence-corrected chi connectivity index (χ2v) is 4.23. The normalized spacial score (nSPS) is 17.3. The molecule has 0 aromatic heterocycles. The molecule has 0 unspecified atom stereocenters. The van der Waals surface area contributed by atoms with Crippen LogP contribution in [-0.2, 0) is 4.79 Å². The molecule has 0 saturated carbocycles. The molecular formula is C14H21FN2O. The molecule has 0 N–H and O–H groups in total. The number of hydrogen-bond acceptors (Lipinski definition) is 2. The fourth-order valence-corrected chi connectivity index (χ4v) is 2.02. The van der Waals surface area contributed by atoms with E-state index in [0.717, 1.165) is 38.3 Å². The van der Waals surface area contributed by atoms with Crippen LogP contribution >= 0.6 is 0 Å². The molecule has 3 nitrogen and oxygen atoms in total. The Hall–Kier alpha value is -1.58. The average molecular weight is 252 g/mol. The van der Waals surface area contributed by atoms with Crippen molar-refractivity contribution >= 4 is 5.91 Å². The molecule has 0 aromatic carbocycles. The Morgan fingerprint density at radius 2 is 1.89 bits per heavy atom. The lowest BCUT2D eigenvalue weighted by molar-refractivity contribution is -0.132. The summed E-state index contributed by atoms with van der Waals surface area (Å²) in [5.41, 5.74) is 0.895. The number of hydrogen-bond donors (Lipinski definition) is 0. The van der Waals surface area contributed by atoms with Crippen LogP contribution in [-0.4, -0.2) is 41.9 Å². The Balaban J connectivity index is 2.52. The van der Waals surface area contributed by atoms with Gasteiger partial charge in [-0.1, -0.05) is 13.5 Å². The van der Waals surface area contributed by atoms with Gasteiger partial charge in [0.1, 0.15) is 0 Å². The monoisotopic (exact) mass is 252 g/mol. The Kier molecular flexibility index (Phi) is 6.19. The summed E-state index contributed by atoms with van der Waals surface area (Å²) in [5, 5.41) is 0. The molecule has 100 valence electrons. The van der Waals surface area contributed by atoms with E-state index in [1.807, 2.05) is 11.8 Å². The van der Waals surface area contributed by atoms with Crippen molar-refractivity contribution in [3.05, 3.63) is 36.8 Å². The van der Waals surface area contributed by atoms with Crippen molar-refractivity contribution < 1.29 is 9.18 Å². The first-order chi connectivity index (χ1) is 8.72.